The third kappa shape index (κ3) is 3.21. The van der Waals surface area contributed by atoms with Gasteiger partial charge in [0.15, 0.2) is 5.82 Å². The lowest BCUT2D eigenvalue weighted by atomic mass is 10.2. The van der Waals surface area contributed by atoms with Crippen molar-refractivity contribution in [2.24, 2.45) is 0 Å². The van der Waals surface area contributed by atoms with Gasteiger partial charge in [-0.2, -0.15) is 0 Å². The molecule has 2 aliphatic rings. The van der Waals surface area contributed by atoms with E-state index >= 15 is 0 Å². The number of aromatic nitrogens is 2. The lowest BCUT2D eigenvalue weighted by Crippen LogP contribution is -2.53. The molecule has 2 amide bonds. The van der Waals surface area contributed by atoms with Crippen LogP contribution in [-0.4, -0.2) is 52.5 Å². The van der Waals surface area contributed by atoms with Gasteiger partial charge in [0.05, 0.1) is 16.6 Å². The molecule has 3 aromatic rings. The maximum absolute atomic E-state index is 12.6. The summed E-state index contributed by atoms with van der Waals surface area (Å²) >= 11 is 3.55. The zero-order valence-corrected chi connectivity index (χ0v) is 17.4. The summed E-state index contributed by atoms with van der Waals surface area (Å²) in [6.45, 7) is 3.05. The Hall–Kier alpha value is -2.28. The van der Waals surface area contributed by atoms with Gasteiger partial charge in [0, 0.05) is 42.9 Å². The summed E-state index contributed by atoms with van der Waals surface area (Å²) in [7, 11) is 0. The van der Waals surface area contributed by atoms with Gasteiger partial charge in [-0.05, 0) is 43.2 Å². The van der Waals surface area contributed by atoms with Crippen molar-refractivity contribution in [3.8, 4) is 0 Å². The number of anilines is 1. The lowest BCUT2D eigenvalue weighted by Gasteiger charge is -2.36. The van der Waals surface area contributed by atoms with Crippen molar-refractivity contribution in [1.82, 2.24) is 19.6 Å². The minimum absolute atomic E-state index is 0.0924. The maximum Gasteiger partial charge on any atom is 0.317 e. The van der Waals surface area contributed by atoms with Gasteiger partial charge in [-0.25, -0.2) is 9.78 Å². The van der Waals surface area contributed by atoms with E-state index in [1.807, 2.05) is 11.0 Å². The molecule has 7 heteroatoms. The highest BCUT2D eigenvalue weighted by molar-refractivity contribution is 9.10. The molecule has 5 rings (SSSR count). The van der Waals surface area contributed by atoms with Crippen molar-refractivity contribution in [1.29, 1.82) is 0 Å². The standard InChI is InChI=1S/C21H24BrN5O/c22-15-7-8-18-17(14-15)24-20(19-6-3-9-27(18)19)25-10-12-26(13-11-25)21(28)23-16-4-1-2-5-16/h3,6-9,14,16H,1-2,4-5,10-13H2,(H,23,28). The molecule has 2 fully saturated rings. The summed E-state index contributed by atoms with van der Waals surface area (Å²) in [5.74, 6) is 0.992. The predicted octanol–water partition coefficient (Wildman–Crippen LogP) is 4.02. The average Bonchev–Trinajstić information content (AvgIpc) is 3.39. The van der Waals surface area contributed by atoms with Gasteiger partial charge in [0.1, 0.15) is 0 Å². The van der Waals surface area contributed by atoms with Crippen molar-refractivity contribution in [3.63, 3.8) is 0 Å². The van der Waals surface area contributed by atoms with E-state index in [0.29, 0.717) is 6.04 Å². The highest BCUT2D eigenvalue weighted by atomic mass is 79.9. The van der Waals surface area contributed by atoms with E-state index in [0.717, 1.165) is 65.9 Å². The molecular weight excluding hydrogens is 418 g/mol. The molecule has 1 saturated carbocycles. The van der Waals surface area contributed by atoms with Crippen LogP contribution in [0, 0.1) is 0 Å². The van der Waals surface area contributed by atoms with Gasteiger partial charge in [-0.1, -0.05) is 28.8 Å². The first-order valence-corrected chi connectivity index (χ1v) is 10.8. The van der Waals surface area contributed by atoms with Gasteiger partial charge in [-0.3, -0.25) is 0 Å². The number of piperazine rings is 1. The number of amides is 2. The predicted molar refractivity (Wildman–Crippen MR) is 115 cm³/mol. The van der Waals surface area contributed by atoms with Crippen molar-refractivity contribution < 1.29 is 4.79 Å². The second-order valence-electron chi connectivity index (χ2n) is 7.74. The first-order chi connectivity index (χ1) is 13.7. The van der Waals surface area contributed by atoms with Crippen LogP contribution in [0.4, 0.5) is 10.6 Å². The first kappa shape index (κ1) is 17.8. The van der Waals surface area contributed by atoms with Crippen LogP contribution in [0.1, 0.15) is 25.7 Å². The van der Waals surface area contributed by atoms with Gasteiger partial charge in [-0.15, -0.1) is 0 Å². The first-order valence-electron chi connectivity index (χ1n) is 10.1. The average molecular weight is 442 g/mol. The maximum atomic E-state index is 12.6. The van der Waals surface area contributed by atoms with E-state index in [-0.39, 0.29) is 6.03 Å². The molecule has 0 bridgehead atoms. The topological polar surface area (TPSA) is 52.9 Å². The molecule has 28 heavy (non-hydrogen) atoms. The third-order valence-electron chi connectivity index (χ3n) is 5.95. The molecule has 1 aromatic carbocycles. The number of carbonyl (C=O) groups excluding carboxylic acids is 1. The van der Waals surface area contributed by atoms with Crippen molar-refractivity contribution in [2.45, 2.75) is 31.7 Å². The Bertz CT molecular complexity index is 1020. The number of nitrogens with one attached hydrogen (secondary N) is 1. The normalized spacial score (nSPS) is 18.3. The molecule has 0 atom stereocenters. The van der Waals surface area contributed by atoms with Crippen LogP contribution in [0.3, 0.4) is 0 Å². The molecule has 3 heterocycles. The highest BCUT2D eigenvalue weighted by Crippen LogP contribution is 2.28. The van der Waals surface area contributed by atoms with Gasteiger partial charge in [0.25, 0.3) is 0 Å². The number of hydrogen-bond acceptors (Lipinski definition) is 3. The number of carbonyl (C=O) groups is 1. The Morgan fingerprint density at radius 2 is 1.86 bits per heavy atom. The van der Waals surface area contributed by atoms with Crippen LogP contribution in [0.2, 0.25) is 0 Å². The zero-order chi connectivity index (χ0) is 19.1. The molecule has 0 unspecified atom stereocenters. The summed E-state index contributed by atoms with van der Waals surface area (Å²) in [5.41, 5.74) is 3.18. The van der Waals surface area contributed by atoms with Crippen LogP contribution in [0.15, 0.2) is 41.0 Å². The highest BCUT2D eigenvalue weighted by Gasteiger charge is 2.26. The van der Waals surface area contributed by atoms with Crippen LogP contribution in [0.5, 0.6) is 0 Å². The Morgan fingerprint density at radius 1 is 1.07 bits per heavy atom. The fourth-order valence-corrected chi connectivity index (χ4v) is 4.77. The van der Waals surface area contributed by atoms with E-state index in [4.69, 9.17) is 4.98 Å². The van der Waals surface area contributed by atoms with Crippen molar-refractivity contribution >= 4 is 44.3 Å². The Labute approximate surface area is 172 Å². The van der Waals surface area contributed by atoms with Crippen molar-refractivity contribution in [3.05, 3.63) is 41.0 Å². The molecule has 1 aliphatic heterocycles. The second kappa shape index (κ2) is 7.28. The third-order valence-corrected chi connectivity index (χ3v) is 6.44. The minimum Gasteiger partial charge on any atom is -0.351 e. The number of benzene rings is 1. The summed E-state index contributed by atoms with van der Waals surface area (Å²) in [5, 5.41) is 3.20. The monoisotopic (exact) mass is 441 g/mol. The van der Waals surface area contributed by atoms with Gasteiger partial charge < -0.3 is 19.5 Å². The number of urea groups is 1. The van der Waals surface area contributed by atoms with Gasteiger partial charge in [0.2, 0.25) is 0 Å². The quantitative estimate of drug-likeness (QED) is 0.652. The number of halogens is 1. The minimum atomic E-state index is 0.0924. The number of hydrogen-bond donors (Lipinski definition) is 1. The van der Waals surface area contributed by atoms with E-state index in [1.165, 1.54) is 12.8 Å². The molecule has 1 aliphatic carbocycles. The van der Waals surface area contributed by atoms with Crippen molar-refractivity contribution in [2.75, 3.05) is 31.1 Å². The molecule has 146 valence electrons. The number of rotatable bonds is 2. The fraction of sp³-hybridized carbons (Fsp3) is 0.429. The molecule has 2 aromatic heterocycles. The molecular formula is C21H24BrN5O. The van der Waals surface area contributed by atoms with E-state index < -0.39 is 0 Å². The molecule has 0 radical (unpaired) electrons. The van der Waals surface area contributed by atoms with Crippen LogP contribution < -0.4 is 10.2 Å². The summed E-state index contributed by atoms with van der Waals surface area (Å²) in [6, 6.07) is 10.8. The molecule has 6 nitrogen and oxygen atoms in total. The van der Waals surface area contributed by atoms with E-state index in [1.54, 1.807) is 0 Å². The molecule has 1 saturated heterocycles. The molecule has 1 N–H and O–H groups in total. The SMILES string of the molecule is O=C(NC1CCCC1)N1CCN(c2nc3cc(Br)ccc3n3cccc23)CC1. The summed E-state index contributed by atoms with van der Waals surface area (Å²) < 4.78 is 3.22. The van der Waals surface area contributed by atoms with E-state index in [2.05, 4.69) is 61.0 Å². The molecule has 0 spiro atoms. The van der Waals surface area contributed by atoms with Crippen LogP contribution in [-0.2, 0) is 0 Å². The number of nitrogens with zero attached hydrogens (tertiary/aromatic N) is 4. The van der Waals surface area contributed by atoms with Crippen LogP contribution >= 0.6 is 15.9 Å². The largest absolute Gasteiger partial charge is 0.351 e. The van der Waals surface area contributed by atoms with E-state index in [9.17, 15) is 4.79 Å². The Kier molecular flexibility index (Phi) is 4.62. The lowest BCUT2D eigenvalue weighted by molar-refractivity contribution is 0.190. The summed E-state index contributed by atoms with van der Waals surface area (Å²) in [4.78, 5) is 21.8. The Balaban J connectivity index is 1.36. The smallest absolute Gasteiger partial charge is 0.317 e. The van der Waals surface area contributed by atoms with Gasteiger partial charge >= 0.3 is 6.03 Å². The second-order valence-corrected chi connectivity index (χ2v) is 8.65. The zero-order valence-electron chi connectivity index (χ0n) is 15.8. The summed E-state index contributed by atoms with van der Waals surface area (Å²) in [6.07, 6.45) is 6.79. The van der Waals surface area contributed by atoms with Crippen LogP contribution in [0.25, 0.3) is 16.6 Å². The Morgan fingerprint density at radius 3 is 2.64 bits per heavy atom. The number of fused-ring (bicyclic) bond motifs is 3. The fourth-order valence-electron chi connectivity index (χ4n) is 4.42.